The number of phosphoric acid groups is 1. The van der Waals surface area contributed by atoms with Gasteiger partial charge in [0.1, 0.15) is 18.5 Å². The molecular formula is C44H79O13P. The van der Waals surface area contributed by atoms with Gasteiger partial charge in [-0.15, -0.1) is 0 Å². The number of rotatable bonds is 37. The molecule has 0 aromatic carbocycles. The topological polar surface area (TPSA) is 206 Å². The lowest BCUT2D eigenvalue weighted by Crippen LogP contribution is -2.29. The normalized spacial score (nSPS) is 19.9. The van der Waals surface area contributed by atoms with Gasteiger partial charge < -0.3 is 34.8 Å². The third-order valence-electron chi connectivity index (χ3n) is 10.4. The smallest absolute Gasteiger partial charge is 0.462 e. The molecule has 1 rings (SSSR count). The number of carbonyl (C=O) groups excluding carboxylic acids is 3. The highest BCUT2D eigenvalue weighted by atomic mass is 31.2. The molecule has 1 aliphatic carbocycles. The van der Waals surface area contributed by atoms with Crippen molar-refractivity contribution in [2.75, 3.05) is 26.4 Å². The highest BCUT2D eigenvalue weighted by Gasteiger charge is 2.39. The van der Waals surface area contributed by atoms with Crippen LogP contribution in [0.3, 0.4) is 0 Å². The molecule has 0 aliphatic heterocycles. The van der Waals surface area contributed by atoms with Crippen molar-refractivity contribution in [1.29, 1.82) is 0 Å². The van der Waals surface area contributed by atoms with E-state index in [9.17, 15) is 39.2 Å². The molecule has 338 valence electrons. The van der Waals surface area contributed by atoms with Crippen molar-refractivity contribution >= 4 is 25.5 Å². The zero-order valence-corrected chi connectivity index (χ0v) is 36.8. The number of allylic oxidation sites excluding steroid dienone is 2. The van der Waals surface area contributed by atoms with E-state index in [2.05, 4.69) is 25.3 Å². The minimum Gasteiger partial charge on any atom is -0.462 e. The van der Waals surface area contributed by atoms with E-state index in [1.807, 2.05) is 12.2 Å². The summed E-state index contributed by atoms with van der Waals surface area (Å²) in [7, 11) is -4.69. The van der Waals surface area contributed by atoms with E-state index < -0.39 is 76.5 Å². The van der Waals surface area contributed by atoms with Crippen LogP contribution in [-0.4, -0.2) is 93.9 Å². The second kappa shape index (κ2) is 33.7. The van der Waals surface area contributed by atoms with Gasteiger partial charge in [0, 0.05) is 31.1 Å². The first kappa shape index (κ1) is 54.1. The quantitative estimate of drug-likeness (QED) is 0.0173. The predicted molar refractivity (Wildman–Crippen MR) is 225 cm³/mol. The Balaban J connectivity index is 2.47. The van der Waals surface area contributed by atoms with Gasteiger partial charge in [-0.3, -0.25) is 23.4 Å². The van der Waals surface area contributed by atoms with Crippen LogP contribution < -0.4 is 0 Å². The summed E-state index contributed by atoms with van der Waals surface area (Å²) in [5.74, 6) is -1.12. The summed E-state index contributed by atoms with van der Waals surface area (Å²) in [5, 5.41) is 39.0. The number of Topliss-reactive ketones (excluding diaryl/α,β-unsaturated/α-hetero) is 1. The molecule has 0 aromatic heterocycles. The number of aliphatic hydroxyl groups is 4. The third kappa shape index (κ3) is 28.5. The molecule has 0 heterocycles. The fourth-order valence-electron chi connectivity index (χ4n) is 6.86. The maximum Gasteiger partial charge on any atom is 0.472 e. The summed E-state index contributed by atoms with van der Waals surface area (Å²) >= 11 is 0. The standard InChI is InChI=1S/C44H79O13P/c1-4-5-18-24-36(46)28-29-40-39(41(48)30-42(40)49)25-20-16-17-22-27-44(51)57-38(34-56-58(52,53)55-32-37(47)31-45)33-54-43(50)26-21-15-13-11-9-7-6-8-10-12-14-19-23-35(2)3/h16,20,28-29,35-40,42,45-47,49H,4-15,17-19,21-27,30-34H2,1-3H3,(H,52,53)/b20-16-,29-28+/t36-,37-,38+,39+,40+,42+/m0/s1. The van der Waals surface area contributed by atoms with Gasteiger partial charge in [-0.2, -0.15) is 0 Å². The number of ether oxygens (including phenoxy) is 2. The van der Waals surface area contributed by atoms with Gasteiger partial charge in [0.15, 0.2) is 6.10 Å². The van der Waals surface area contributed by atoms with Gasteiger partial charge >= 0.3 is 19.8 Å². The summed E-state index contributed by atoms with van der Waals surface area (Å²) < 4.78 is 32.7. The summed E-state index contributed by atoms with van der Waals surface area (Å²) in [6, 6.07) is 0. The minimum atomic E-state index is -4.69. The number of aliphatic hydroxyl groups excluding tert-OH is 4. The van der Waals surface area contributed by atoms with E-state index in [0.717, 1.165) is 44.4 Å². The van der Waals surface area contributed by atoms with Gasteiger partial charge in [0.05, 0.1) is 32.0 Å². The number of ketones is 1. The SMILES string of the molecule is CCCCC[C@H](O)/C=C/[C@H]1[C@H](O)CC(=O)[C@@H]1C/C=C\CCCC(=O)O[C@H](COC(=O)CCCCCCCCCCCCCCC(C)C)COP(=O)(O)OC[C@@H](O)CO. The average Bonchev–Trinajstić information content (AvgIpc) is 3.45. The van der Waals surface area contributed by atoms with Gasteiger partial charge in [0.2, 0.25) is 0 Å². The Morgan fingerprint density at radius 3 is 2.00 bits per heavy atom. The maximum atomic E-state index is 12.7. The number of hydrogen-bond acceptors (Lipinski definition) is 12. The summed E-state index contributed by atoms with van der Waals surface area (Å²) in [6.45, 7) is 4.28. The molecule has 13 nitrogen and oxygen atoms in total. The second-order valence-corrected chi connectivity index (χ2v) is 17.8. The van der Waals surface area contributed by atoms with Crippen LogP contribution in [0.2, 0.25) is 0 Å². The minimum absolute atomic E-state index is 0.00837. The lowest BCUT2D eigenvalue weighted by molar-refractivity contribution is -0.161. The highest BCUT2D eigenvalue weighted by Crippen LogP contribution is 2.43. The van der Waals surface area contributed by atoms with Crippen molar-refractivity contribution in [1.82, 2.24) is 0 Å². The molecule has 58 heavy (non-hydrogen) atoms. The van der Waals surface area contributed by atoms with Crippen molar-refractivity contribution < 1.29 is 62.8 Å². The van der Waals surface area contributed by atoms with E-state index in [4.69, 9.17) is 19.1 Å². The molecule has 0 bridgehead atoms. The number of carbonyl (C=O) groups is 3. The Hall–Kier alpha value is -1.96. The molecule has 1 saturated carbocycles. The molecule has 0 spiro atoms. The highest BCUT2D eigenvalue weighted by molar-refractivity contribution is 7.47. The molecule has 7 atom stereocenters. The number of esters is 2. The van der Waals surface area contributed by atoms with Gasteiger partial charge in [-0.1, -0.05) is 141 Å². The molecule has 1 unspecified atom stereocenters. The van der Waals surface area contributed by atoms with Crippen LogP contribution in [0.4, 0.5) is 0 Å². The van der Waals surface area contributed by atoms with E-state index in [-0.39, 0.29) is 31.0 Å². The summed E-state index contributed by atoms with van der Waals surface area (Å²) in [5.41, 5.74) is 0. The van der Waals surface area contributed by atoms with Crippen LogP contribution in [0.25, 0.3) is 0 Å². The summed E-state index contributed by atoms with van der Waals surface area (Å²) in [4.78, 5) is 47.7. The van der Waals surface area contributed by atoms with Gasteiger partial charge in [0.25, 0.3) is 0 Å². The van der Waals surface area contributed by atoms with E-state index >= 15 is 0 Å². The van der Waals surface area contributed by atoms with Crippen LogP contribution in [0.5, 0.6) is 0 Å². The lowest BCUT2D eigenvalue weighted by Gasteiger charge is -2.20. The van der Waals surface area contributed by atoms with E-state index in [1.165, 1.54) is 57.8 Å². The number of hydrogen-bond donors (Lipinski definition) is 5. The van der Waals surface area contributed by atoms with Crippen molar-refractivity contribution in [2.24, 2.45) is 17.8 Å². The lowest BCUT2D eigenvalue weighted by atomic mass is 9.90. The Labute approximate surface area is 349 Å². The van der Waals surface area contributed by atoms with Crippen molar-refractivity contribution in [3.05, 3.63) is 24.3 Å². The number of phosphoric ester groups is 1. The molecule has 0 saturated heterocycles. The first-order chi connectivity index (χ1) is 27.8. The van der Waals surface area contributed by atoms with E-state index in [0.29, 0.717) is 32.1 Å². The molecule has 1 aliphatic rings. The average molecular weight is 847 g/mol. The largest absolute Gasteiger partial charge is 0.472 e. The van der Waals surface area contributed by atoms with Crippen molar-refractivity contribution in [3.63, 3.8) is 0 Å². The summed E-state index contributed by atoms with van der Waals surface area (Å²) in [6.07, 6.45) is 23.7. The van der Waals surface area contributed by atoms with Crippen LogP contribution in [0.15, 0.2) is 24.3 Å². The molecule has 1 fully saturated rings. The van der Waals surface area contributed by atoms with Crippen molar-refractivity contribution in [3.8, 4) is 0 Å². The van der Waals surface area contributed by atoms with Crippen LogP contribution in [0.1, 0.15) is 168 Å². The molecule has 5 N–H and O–H groups in total. The fourth-order valence-corrected chi connectivity index (χ4v) is 7.65. The molecule has 14 heteroatoms. The Kier molecular flexibility index (Phi) is 31.4. The fraction of sp³-hybridized carbons (Fsp3) is 0.841. The zero-order chi connectivity index (χ0) is 43.0. The Bertz CT molecular complexity index is 1190. The van der Waals surface area contributed by atoms with Crippen molar-refractivity contribution in [2.45, 2.75) is 193 Å². The van der Waals surface area contributed by atoms with Crippen LogP contribution >= 0.6 is 7.82 Å². The number of unbranched alkanes of at least 4 members (excludes halogenated alkanes) is 14. The first-order valence-electron chi connectivity index (χ1n) is 22.3. The maximum absolute atomic E-state index is 12.7. The zero-order valence-electron chi connectivity index (χ0n) is 35.9. The van der Waals surface area contributed by atoms with Crippen LogP contribution in [0, 0.1) is 17.8 Å². The Morgan fingerprint density at radius 1 is 0.793 bits per heavy atom. The van der Waals surface area contributed by atoms with Gasteiger partial charge in [-0.05, 0) is 38.0 Å². The predicted octanol–water partition coefficient (Wildman–Crippen LogP) is 8.23. The molecular weight excluding hydrogens is 767 g/mol. The Morgan fingerprint density at radius 2 is 1.38 bits per heavy atom. The van der Waals surface area contributed by atoms with Gasteiger partial charge in [-0.25, -0.2) is 4.57 Å². The second-order valence-electron chi connectivity index (χ2n) is 16.3. The molecule has 0 amide bonds. The monoisotopic (exact) mass is 847 g/mol. The van der Waals surface area contributed by atoms with E-state index in [1.54, 1.807) is 12.2 Å². The third-order valence-corrected chi connectivity index (χ3v) is 11.4. The van der Waals surface area contributed by atoms with Crippen LogP contribution in [-0.2, 0) is 37.5 Å². The molecule has 0 aromatic rings. The molecule has 0 radical (unpaired) electrons. The first-order valence-corrected chi connectivity index (χ1v) is 23.7.